The molecule has 8 atom stereocenters. The van der Waals surface area contributed by atoms with Crippen molar-refractivity contribution in [3.63, 3.8) is 0 Å². The summed E-state index contributed by atoms with van der Waals surface area (Å²) in [5.74, 6) is 0. The fraction of sp³-hybridized carbons (Fsp3) is 0.459. The molecule has 382 valence electrons. The first kappa shape index (κ1) is 55.1. The molecule has 0 bridgehead atoms. The zero-order chi connectivity index (χ0) is 49.6. The summed E-state index contributed by atoms with van der Waals surface area (Å²) in [6.45, 7) is 3.63. The minimum Gasteiger partial charge on any atom is -0.445 e. The van der Waals surface area contributed by atoms with Gasteiger partial charge in [0.25, 0.3) is 0 Å². The van der Waals surface area contributed by atoms with Crippen molar-refractivity contribution in [3.05, 3.63) is 192 Å². The van der Waals surface area contributed by atoms with E-state index in [0.29, 0.717) is 19.6 Å². The van der Waals surface area contributed by atoms with Crippen LogP contribution >= 0.6 is 0 Å². The van der Waals surface area contributed by atoms with E-state index in [1.54, 1.807) is 12.2 Å². The molecular formula is C61H79NO9. The number of unbranched alkanes of at least 4 members (excludes halogenated alkanes) is 11. The molecule has 3 unspecified atom stereocenters. The molecule has 6 rings (SSSR count). The summed E-state index contributed by atoms with van der Waals surface area (Å²) >= 11 is 0. The van der Waals surface area contributed by atoms with Crippen LogP contribution in [0.1, 0.15) is 118 Å². The highest BCUT2D eigenvalue weighted by Gasteiger charge is 2.48. The summed E-state index contributed by atoms with van der Waals surface area (Å²) in [5.41, 5.74) is 4.78. The van der Waals surface area contributed by atoms with Crippen LogP contribution in [0.2, 0.25) is 0 Å². The number of amides is 1. The highest BCUT2D eigenvalue weighted by molar-refractivity contribution is 5.68. The van der Waals surface area contributed by atoms with Gasteiger partial charge in [0.1, 0.15) is 43.2 Å². The zero-order valence-corrected chi connectivity index (χ0v) is 41.9. The van der Waals surface area contributed by atoms with E-state index in [2.05, 4.69) is 12.2 Å². The van der Waals surface area contributed by atoms with Crippen molar-refractivity contribution in [2.24, 2.45) is 0 Å². The number of benzene rings is 5. The average molecular weight is 970 g/mol. The molecule has 71 heavy (non-hydrogen) atoms. The minimum absolute atomic E-state index is 0.0389. The maximum absolute atomic E-state index is 13.5. The Morgan fingerprint density at radius 2 is 0.944 bits per heavy atom. The Bertz CT molecular complexity index is 2150. The number of carbonyl (C=O) groups is 1. The Labute approximate surface area is 423 Å². The highest BCUT2D eigenvalue weighted by Crippen LogP contribution is 2.32. The van der Waals surface area contributed by atoms with E-state index in [9.17, 15) is 15.0 Å². The topological polar surface area (TPSA) is 125 Å². The lowest BCUT2D eigenvalue weighted by Crippen LogP contribution is -2.60. The van der Waals surface area contributed by atoms with Gasteiger partial charge in [0, 0.05) is 0 Å². The third-order valence-corrected chi connectivity index (χ3v) is 13.0. The summed E-state index contributed by atoms with van der Waals surface area (Å²) in [4.78, 5) is 13.5. The van der Waals surface area contributed by atoms with Crippen LogP contribution < -0.4 is 5.32 Å². The van der Waals surface area contributed by atoms with Crippen LogP contribution in [-0.4, -0.2) is 71.7 Å². The van der Waals surface area contributed by atoms with E-state index in [0.717, 1.165) is 53.5 Å². The van der Waals surface area contributed by atoms with Crippen LogP contribution in [0.25, 0.3) is 0 Å². The Balaban J connectivity index is 1.24. The molecule has 1 aliphatic rings. The zero-order valence-electron chi connectivity index (χ0n) is 41.9. The van der Waals surface area contributed by atoms with E-state index >= 15 is 0 Å². The predicted octanol–water partition coefficient (Wildman–Crippen LogP) is 12.4. The molecule has 0 aliphatic carbocycles. The molecule has 1 fully saturated rings. The van der Waals surface area contributed by atoms with Crippen molar-refractivity contribution < 1.29 is 43.4 Å². The second-order valence-corrected chi connectivity index (χ2v) is 18.8. The van der Waals surface area contributed by atoms with E-state index in [1.165, 1.54) is 51.4 Å². The van der Waals surface area contributed by atoms with Crippen LogP contribution in [-0.2, 0) is 61.5 Å². The molecule has 5 aromatic carbocycles. The Morgan fingerprint density at radius 3 is 1.42 bits per heavy atom. The molecule has 0 saturated carbocycles. The third-order valence-electron chi connectivity index (χ3n) is 13.0. The van der Waals surface area contributed by atoms with Crippen LogP contribution in [0, 0.1) is 0 Å². The monoisotopic (exact) mass is 970 g/mol. The molecule has 10 heteroatoms. The average Bonchev–Trinajstić information content (AvgIpc) is 3.41. The second-order valence-electron chi connectivity index (χ2n) is 18.8. The molecule has 0 radical (unpaired) electrons. The second kappa shape index (κ2) is 32.7. The molecule has 3 N–H and O–H groups in total. The number of carbonyl (C=O) groups excluding carboxylic acids is 1. The summed E-state index contributed by atoms with van der Waals surface area (Å²) in [6, 6.07) is 48.2. The Morgan fingerprint density at radius 1 is 0.535 bits per heavy atom. The first-order valence-electron chi connectivity index (χ1n) is 26.2. The maximum atomic E-state index is 13.5. The quantitative estimate of drug-likeness (QED) is 0.0278. The van der Waals surface area contributed by atoms with E-state index in [-0.39, 0.29) is 26.4 Å². The maximum Gasteiger partial charge on any atom is 0.408 e. The number of ether oxygens (including phenoxy) is 6. The Hall–Kier alpha value is -5.17. The number of nitrogens with one attached hydrogen (secondary N) is 1. The molecular weight excluding hydrogens is 891 g/mol. The number of hydrogen-bond acceptors (Lipinski definition) is 9. The van der Waals surface area contributed by atoms with Crippen molar-refractivity contribution in [3.8, 4) is 0 Å². The summed E-state index contributed by atoms with van der Waals surface area (Å²) in [7, 11) is 0. The van der Waals surface area contributed by atoms with E-state index in [1.807, 2.05) is 152 Å². The van der Waals surface area contributed by atoms with Gasteiger partial charge in [-0.05, 0) is 34.2 Å². The van der Waals surface area contributed by atoms with Gasteiger partial charge in [-0.25, -0.2) is 4.79 Å². The lowest BCUT2D eigenvalue weighted by molar-refractivity contribution is -0.263. The normalized spacial score (nSPS) is 19.3. The number of hydrogen-bond donors (Lipinski definition) is 3. The van der Waals surface area contributed by atoms with Gasteiger partial charge in [0.2, 0.25) is 0 Å². The summed E-state index contributed by atoms with van der Waals surface area (Å²) < 4.78 is 39.7. The van der Waals surface area contributed by atoms with E-state index in [4.69, 9.17) is 28.4 Å². The smallest absolute Gasteiger partial charge is 0.408 e. The molecule has 1 heterocycles. The van der Waals surface area contributed by atoms with Crippen molar-refractivity contribution in [1.82, 2.24) is 5.32 Å². The summed E-state index contributed by atoms with van der Waals surface area (Å²) in [6.07, 6.45) is 11.5. The van der Waals surface area contributed by atoms with Crippen LogP contribution in [0.15, 0.2) is 164 Å². The fourth-order valence-corrected chi connectivity index (χ4v) is 8.96. The SMILES string of the molecule is CCCCCCCCCCCCCCC(O)C(O)C(C=C[C@H]1O[C@H](COCc2ccccc2)[C@H](OCc2ccccc2)[C@H](OCc2ccccc2)[C@H]1OCc1ccccc1)NC(=O)OCc1ccccc1. The Kier molecular flexibility index (Phi) is 25.4. The van der Waals surface area contributed by atoms with Crippen molar-refractivity contribution in [1.29, 1.82) is 0 Å². The lowest BCUT2D eigenvalue weighted by atomic mass is 9.92. The van der Waals surface area contributed by atoms with E-state index < -0.39 is 54.9 Å². The molecule has 0 spiro atoms. The van der Waals surface area contributed by atoms with Gasteiger partial charge in [0.15, 0.2) is 0 Å². The van der Waals surface area contributed by atoms with Crippen LogP contribution in [0.4, 0.5) is 4.79 Å². The molecule has 0 aromatic heterocycles. The van der Waals surface area contributed by atoms with Gasteiger partial charge in [-0.15, -0.1) is 0 Å². The molecule has 1 amide bonds. The molecule has 1 aliphatic heterocycles. The standard InChI is InChI=1S/C61H79NO9/c1-2-3-4-5-6-7-8-9-10-11-12-28-39-54(63)57(64)53(62-61(65)70-46-52-37-26-17-27-38-52)40-41-55-58(67-43-49-31-20-14-21-32-49)60(69-45-51-35-24-16-25-36-51)59(68-44-50-33-22-15-23-34-50)56(71-55)47-66-42-48-29-18-13-19-30-48/h13-27,29-38,40-41,53-60,63-64H,2-12,28,39,42-47H2,1H3,(H,62,65)/t53?,54?,55-,56-,57?,58+,59+,60-/m1/s1. The van der Waals surface area contributed by atoms with Gasteiger partial charge in [-0.3, -0.25) is 0 Å². The van der Waals surface area contributed by atoms with Gasteiger partial charge in [-0.1, -0.05) is 248 Å². The van der Waals surface area contributed by atoms with Gasteiger partial charge in [-0.2, -0.15) is 0 Å². The number of rotatable bonds is 33. The minimum atomic E-state index is -1.35. The first-order valence-corrected chi connectivity index (χ1v) is 26.2. The van der Waals surface area contributed by atoms with Crippen molar-refractivity contribution in [2.45, 2.75) is 172 Å². The lowest BCUT2D eigenvalue weighted by Gasteiger charge is -2.45. The third kappa shape index (κ3) is 20.5. The van der Waals surface area contributed by atoms with Gasteiger partial charge >= 0.3 is 6.09 Å². The first-order chi connectivity index (χ1) is 35.0. The predicted molar refractivity (Wildman–Crippen MR) is 280 cm³/mol. The van der Waals surface area contributed by atoms with Crippen molar-refractivity contribution >= 4 is 6.09 Å². The van der Waals surface area contributed by atoms with Crippen molar-refractivity contribution in [2.75, 3.05) is 6.61 Å². The molecule has 10 nitrogen and oxygen atoms in total. The van der Waals surface area contributed by atoms with Gasteiger partial charge in [0.05, 0.1) is 45.2 Å². The highest BCUT2D eigenvalue weighted by atomic mass is 16.6. The fourth-order valence-electron chi connectivity index (χ4n) is 8.96. The number of alkyl carbamates (subject to hydrolysis) is 1. The summed E-state index contributed by atoms with van der Waals surface area (Å²) in [5, 5.41) is 26.3. The number of aliphatic hydroxyl groups is 2. The number of aliphatic hydroxyl groups excluding tert-OH is 2. The van der Waals surface area contributed by atoms with Gasteiger partial charge < -0.3 is 44.0 Å². The molecule has 5 aromatic rings. The van der Waals surface area contributed by atoms with Crippen LogP contribution in [0.3, 0.4) is 0 Å². The molecule has 1 saturated heterocycles. The van der Waals surface area contributed by atoms with Crippen LogP contribution in [0.5, 0.6) is 0 Å². The largest absolute Gasteiger partial charge is 0.445 e.